The lowest BCUT2D eigenvalue weighted by molar-refractivity contribution is -0.115. The third-order valence-electron chi connectivity index (χ3n) is 3.80. The minimum atomic E-state index is -0.373. The van der Waals surface area contributed by atoms with E-state index in [1.807, 2.05) is 44.2 Å². The average Bonchev–Trinajstić information content (AvgIpc) is 2.62. The van der Waals surface area contributed by atoms with Crippen LogP contribution in [-0.4, -0.2) is 23.7 Å². The number of rotatable bonds is 7. The van der Waals surface area contributed by atoms with Crippen molar-refractivity contribution in [1.29, 1.82) is 0 Å². The summed E-state index contributed by atoms with van der Waals surface area (Å²) < 4.78 is 5.05. The zero-order valence-electron chi connectivity index (χ0n) is 14.7. The van der Waals surface area contributed by atoms with E-state index in [1.165, 1.54) is 5.56 Å². The lowest BCUT2D eigenvalue weighted by Crippen LogP contribution is -2.23. The molecule has 0 radical (unpaired) electrons. The molecule has 1 atom stereocenters. The van der Waals surface area contributed by atoms with Gasteiger partial charge in [0.05, 0.1) is 17.4 Å². The van der Waals surface area contributed by atoms with Crippen LogP contribution in [0.15, 0.2) is 48.5 Å². The van der Waals surface area contributed by atoms with Crippen LogP contribution in [-0.2, 0) is 15.3 Å². The van der Waals surface area contributed by atoms with E-state index in [9.17, 15) is 9.59 Å². The molecule has 25 heavy (non-hydrogen) atoms. The normalized spacial score (nSPS) is 11.6. The SMILES string of the molecule is CCOC(=O)c1cccc(NC(=O)[C@H](C)SCc2ccccc2)c1C. The Bertz CT molecular complexity index is 731. The van der Waals surface area contributed by atoms with Gasteiger partial charge in [-0.25, -0.2) is 4.79 Å². The highest BCUT2D eigenvalue weighted by molar-refractivity contribution is 7.99. The number of thioether (sulfide) groups is 1. The smallest absolute Gasteiger partial charge is 0.338 e. The Morgan fingerprint density at radius 2 is 1.84 bits per heavy atom. The molecule has 0 heterocycles. The minimum absolute atomic E-state index is 0.0787. The van der Waals surface area contributed by atoms with Gasteiger partial charge in [-0.15, -0.1) is 11.8 Å². The van der Waals surface area contributed by atoms with Gasteiger partial charge in [0.2, 0.25) is 5.91 Å². The molecule has 0 aliphatic carbocycles. The van der Waals surface area contributed by atoms with Crippen LogP contribution in [0.2, 0.25) is 0 Å². The summed E-state index contributed by atoms with van der Waals surface area (Å²) in [5.74, 6) is 0.324. The van der Waals surface area contributed by atoms with Crippen molar-refractivity contribution in [2.24, 2.45) is 0 Å². The molecular weight excluding hydrogens is 334 g/mol. The fourth-order valence-corrected chi connectivity index (χ4v) is 3.15. The summed E-state index contributed by atoms with van der Waals surface area (Å²) in [6, 6.07) is 15.3. The topological polar surface area (TPSA) is 55.4 Å². The van der Waals surface area contributed by atoms with Gasteiger partial charge < -0.3 is 10.1 Å². The number of ether oxygens (including phenoxy) is 1. The number of nitrogens with one attached hydrogen (secondary N) is 1. The van der Waals surface area contributed by atoms with Gasteiger partial charge in [0.15, 0.2) is 0 Å². The summed E-state index contributed by atoms with van der Waals surface area (Å²) >= 11 is 1.58. The molecule has 0 saturated carbocycles. The number of carbonyl (C=O) groups is 2. The molecule has 132 valence electrons. The van der Waals surface area contributed by atoms with E-state index in [-0.39, 0.29) is 17.1 Å². The maximum atomic E-state index is 12.4. The Balaban J connectivity index is 2.00. The summed E-state index contributed by atoms with van der Waals surface area (Å²) in [5, 5.41) is 2.71. The monoisotopic (exact) mass is 357 g/mol. The molecule has 0 unspecified atom stereocenters. The molecule has 5 heteroatoms. The van der Waals surface area contributed by atoms with Crippen molar-refractivity contribution in [3.63, 3.8) is 0 Å². The highest BCUT2D eigenvalue weighted by atomic mass is 32.2. The van der Waals surface area contributed by atoms with E-state index < -0.39 is 0 Å². The predicted octanol–water partition coefficient (Wildman–Crippen LogP) is 4.43. The van der Waals surface area contributed by atoms with Crippen LogP contribution in [0.5, 0.6) is 0 Å². The fourth-order valence-electron chi connectivity index (χ4n) is 2.31. The van der Waals surface area contributed by atoms with Crippen LogP contribution >= 0.6 is 11.8 Å². The summed E-state index contributed by atoms with van der Waals surface area (Å²) in [5.41, 5.74) is 3.02. The lowest BCUT2D eigenvalue weighted by atomic mass is 10.1. The maximum absolute atomic E-state index is 12.4. The lowest BCUT2D eigenvalue weighted by Gasteiger charge is -2.15. The second kappa shape index (κ2) is 9.28. The molecule has 2 aromatic carbocycles. The third kappa shape index (κ3) is 5.36. The molecule has 0 fully saturated rings. The number of hydrogen-bond donors (Lipinski definition) is 1. The summed E-state index contributed by atoms with van der Waals surface area (Å²) in [6.07, 6.45) is 0. The first-order valence-electron chi connectivity index (χ1n) is 8.26. The Morgan fingerprint density at radius 1 is 1.12 bits per heavy atom. The molecule has 0 saturated heterocycles. The zero-order chi connectivity index (χ0) is 18.2. The molecule has 2 rings (SSSR count). The van der Waals surface area contributed by atoms with Crippen LogP contribution < -0.4 is 5.32 Å². The second-order valence-corrected chi connectivity index (χ2v) is 6.96. The first kappa shape index (κ1) is 19.1. The molecule has 0 aromatic heterocycles. The predicted molar refractivity (Wildman–Crippen MR) is 103 cm³/mol. The van der Waals surface area contributed by atoms with Gasteiger partial charge in [-0.05, 0) is 44.0 Å². The van der Waals surface area contributed by atoms with Crippen molar-refractivity contribution < 1.29 is 14.3 Å². The van der Waals surface area contributed by atoms with Crippen LogP contribution in [0.3, 0.4) is 0 Å². The molecular formula is C20H23NO3S. The zero-order valence-corrected chi connectivity index (χ0v) is 15.6. The van der Waals surface area contributed by atoms with E-state index in [2.05, 4.69) is 5.32 Å². The highest BCUT2D eigenvalue weighted by Crippen LogP contribution is 2.23. The second-order valence-electron chi connectivity index (χ2n) is 5.63. The first-order valence-corrected chi connectivity index (χ1v) is 9.31. The third-order valence-corrected chi connectivity index (χ3v) is 5.01. The Morgan fingerprint density at radius 3 is 2.52 bits per heavy atom. The number of hydrogen-bond acceptors (Lipinski definition) is 4. The maximum Gasteiger partial charge on any atom is 0.338 e. The van der Waals surface area contributed by atoms with Gasteiger partial charge in [-0.1, -0.05) is 36.4 Å². The summed E-state index contributed by atoms with van der Waals surface area (Å²) in [7, 11) is 0. The van der Waals surface area contributed by atoms with Gasteiger partial charge in [-0.2, -0.15) is 0 Å². The van der Waals surface area contributed by atoms with Gasteiger partial charge in [0, 0.05) is 11.4 Å². The van der Waals surface area contributed by atoms with E-state index in [4.69, 9.17) is 4.74 Å². The Hall–Kier alpha value is -2.27. The molecule has 0 aliphatic heterocycles. The van der Waals surface area contributed by atoms with Crippen LogP contribution in [0.4, 0.5) is 5.69 Å². The van der Waals surface area contributed by atoms with Crippen molar-refractivity contribution in [2.45, 2.75) is 31.8 Å². The van der Waals surface area contributed by atoms with Gasteiger partial charge >= 0.3 is 5.97 Å². The van der Waals surface area contributed by atoms with Crippen LogP contribution in [0, 0.1) is 6.92 Å². The van der Waals surface area contributed by atoms with Crippen LogP contribution in [0.1, 0.15) is 35.3 Å². The Labute approximate surface area is 153 Å². The number of amides is 1. The van der Waals surface area contributed by atoms with E-state index >= 15 is 0 Å². The van der Waals surface area contributed by atoms with E-state index in [0.29, 0.717) is 17.9 Å². The average molecular weight is 357 g/mol. The highest BCUT2D eigenvalue weighted by Gasteiger charge is 2.17. The molecule has 0 bridgehead atoms. The van der Waals surface area contributed by atoms with Crippen molar-refractivity contribution in [3.05, 3.63) is 65.2 Å². The van der Waals surface area contributed by atoms with Crippen molar-refractivity contribution in [3.8, 4) is 0 Å². The number of anilines is 1. The van der Waals surface area contributed by atoms with Gasteiger partial charge in [0.25, 0.3) is 0 Å². The number of esters is 1. The van der Waals surface area contributed by atoms with Crippen molar-refractivity contribution in [1.82, 2.24) is 0 Å². The number of benzene rings is 2. The Kier molecular flexibility index (Phi) is 7.07. The largest absolute Gasteiger partial charge is 0.462 e. The van der Waals surface area contributed by atoms with Gasteiger partial charge in [0.1, 0.15) is 0 Å². The summed E-state index contributed by atoms with van der Waals surface area (Å²) in [6.45, 7) is 5.78. The summed E-state index contributed by atoms with van der Waals surface area (Å²) in [4.78, 5) is 24.4. The number of carbonyl (C=O) groups excluding carboxylic acids is 2. The van der Waals surface area contributed by atoms with Crippen LogP contribution in [0.25, 0.3) is 0 Å². The van der Waals surface area contributed by atoms with Crippen molar-refractivity contribution in [2.75, 3.05) is 11.9 Å². The van der Waals surface area contributed by atoms with Gasteiger partial charge in [-0.3, -0.25) is 4.79 Å². The molecule has 0 aliphatic rings. The minimum Gasteiger partial charge on any atom is -0.462 e. The molecule has 0 spiro atoms. The molecule has 1 N–H and O–H groups in total. The molecule has 1 amide bonds. The fraction of sp³-hybridized carbons (Fsp3) is 0.300. The van der Waals surface area contributed by atoms with Crippen molar-refractivity contribution >= 4 is 29.3 Å². The first-order chi connectivity index (χ1) is 12.0. The van der Waals surface area contributed by atoms with E-state index in [0.717, 1.165) is 11.3 Å². The van der Waals surface area contributed by atoms with E-state index in [1.54, 1.807) is 36.9 Å². The molecule has 2 aromatic rings. The molecule has 4 nitrogen and oxygen atoms in total. The quantitative estimate of drug-likeness (QED) is 0.745. The standard InChI is InChI=1S/C20H23NO3S/c1-4-24-20(23)17-11-8-12-18(14(17)2)21-19(22)15(3)25-13-16-9-6-5-7-10-16/h5-12,15H,4,13H2,1-3H3,(H,21,22)/t15-/m0/s1.